The second-order valence-electron chi connectivity index (χ2n) is 7.66. The summed E-state index contributed by atoms with van der Waals surface area (Å²) in [5.41, 5.74) is 0.668. The predicted molar refractivity (Wildman–Crippen MR) is 99.1 cm³/mol. The van der Waals surface area contributed by atoms with Gasteiger partial charge in [-0.1, -0.05) is 11.2 Å². The summed E-state index contributed by atoms with van der Waals surface area (Å²) in [7, 11) is -2.31. The van der Waals surface area contributed by atoms with Crippen LogP contribution in [0.25, 0.3) is 0 Å². The molecule has 2 aliphatic carbocycles. The molecule has 148 valence electrons. The van der Waals surface area contributed by atoms with Crippen LogP contribution in [0.5, 0.6) is 0 Å². The maximum Gasteiger partial charge on any atom is 0.501 e. The number of carbonyl (C=O) groups is 2. The summed E-state index contributed by atoms with van der Waals surface area (Å²) in [4.78, 5) is 26.3. The van der Waals surface area contributed by atoms with Gasteiger partial charge >= 0.3 is 11.9 Å². The van der Waals surface area contributed by atoms with Crippen LogP contribution in [0.15, 0.2) is 34.4 Å². The number of sulfonamides is 1. The van der Waals surface area contributed by atoms with Crippen LogP contribution in [0, 0.1) is 6.92 Å². The third-order valence-corrected chi connectivity index (χ3v) is 6.93. The molecule has 0 aromatic carbocycles. The molecule has 3 amide bonds. The first-order chi connectivity index (χ1) is 13.1. The molecule has 0 radical (unpaired) electrons. The van der Waals surface area contributed by atoms with Crippen molar-refractivity contribution in [1.29, 1.82) is 0 Å². The van der Waals surface area contributed by atoms with E-state index in [1.807, 2.05) is 6.92 Å². The fourth-order valence-corrected chi connectivity index (χ4v) is 4.88. The molecule has 10 heteroatoms. The molecule has 1 saturated carbocycles. The van der Waals surface area contributed by atoms with E-state index in [-0.39, 0.29) is 12.1 Å². The van der Waals surface area contributed by atoms with Crippen LogP contribution >= 0.6 is 0 Å². The second-order valence-corrected chi connectivity index (χ2v) is 9.50. The van der Waals surface area contributed by atoms with Crippen molar-refractivity contribution in [3.63, 3.8) is 0 Å². The number of hydrogen-bond donors (Lipinski definition) is 1. The van der Waals surface area contributed by atoms with E-state index < -0.39 is 32.8 Å². The maximum absolute atomic E-state index is 12.7. The van der Waals surface area contributed by atoms with Crippen molar-refractivity contribution in [1.82, 2.24) is 14.8 Å². The lowest BCUT2D eigenvalue weighted by Crippen LogP contribution is -2.50. The predicted octanol–water partition coefficient (Wildman–Crippen LogP) is 0.865. The number of nitrogens with one attached hydrogen (secondary N) is 1. The van der Waals surface area contributed by atoms with Gasteiger partial charge in [-0.05, 0) is 38.8 Å². The lowest BCUT2D eigenvalue weighted by Gasteiger charge is -2.24. The lowest BCUT2D eigenvalue weighted by atomic mass is 10.00. The van der Waals surface area contributed by atoms with Gasteiger partial charge < -0.3 is 4.52 Å². The molecule has 28 heavy (non-hydrogen) atoms. The zero-order chi connectivity index (χ0) is 20.3. The van der Waals surface area contributed by atoms with Crippen molar-refractivity contribution >= 4 is 27.7 Å². The Morgan fingerprint density at radius 2 is 2.11 bits per heavy atom. The topological polar surface area (TPSA) is 113 Å². The first-order valence-corrected chi connectivity index (χ1v) is 10.5. The molecule has 0 saturated heterocycles. The van der Waals surface area contributed by atoms with E-state index in [0.717, 1.165) is 17.7 Å². The first-order valence-electron chi connectivity index (χ1n) is 8.91. The minimum Gasteiger partial charge on any atom is -0.361 e. The number of imide groups is 1. The number of likely N-dealkylation sites (N-methyl/N-ethyl adjacent to an activating group) is 1. The molecule has 0 spiro atoms. The summed E-state index contributed by atoms with van der Waals surface area (Å²) in [5.74, 6) is 0.0735. The number of nitrogens with zero attached hydrogens (tertiary/aromatic N) is 3. The van der Waals surface area contributed by atoms with Gasteiger partial charge in [0, 0.05) is 11.6 Å². The number of rotatable bonds is 5. The summed E-state index contributed by atoms with van der Waals surface area (Å²) in [6.45, 7) is 3.70. The van der Waals surface area contributed by atoms with E-state index in [1.165, 1.54) is 29.9 Å². The number of aromatic nitrogens is 1. The van der Waals surface area contributed by atoms with E-state index in [4.69, 9.17) is 4.52 Å². The Labute approximate surface area is 162 Å². The summed E-state index contributed by atoms with van der Waals surface area (Å²) < 4.78 is 34.5. The average Bonchev–Trinajstić information content (AvgIpc) is 3.20. The highest BCUT2D eigenvalue weighted by Crippen LogP contribution is 2.36. The summed E-state index contributed by atoms with van der Waals surface area (Å²) in [6.07, 6.45) is 5.98. The monoisotopic (exact) mass is 405 g/mol. The van der Waals surface area contributed by atoms with Crippen molar-refractivity contribution in [2.75, 3.05) is 7.05 Å². The van der Waals surface area contributed by atoms with Gasteiger partial charge in [-0.2, -0.15) is 14.3 Å². The third kappa shape index (κ3) is 3.22. The Balaban J connectivity index is 1.72. The SMILES string of the molecule is Cc1cc(C[N+]2=C3C=CC(S(=O)(=O)NC4(C)CC4)C=C3C(=O)N(C)C2=O)no1. The summed E-state index contributed by atoms with van der Waals surface area (Å²) in [5, 5.41) is 2.91. The van der Waals surface area contributed by atoms with Gasteiger partial charge in [-0.15, -0.1) is 0 Å². The number of hydrogen-bond acceptors (Lipinski definition) is 6. The number of aryl methyl sites for hydroxylation is 1. The molecule has 0 bridgehead atoms. The average molecular weight is 405 g/mol. The molecule has 3 aliphatic rings. The molecule has 1 unspecified atom stereocenters. The normalized spacial score (nSPS) is 23.8. The van der Waals surface area contributed by atoms with Crippen LogP contribution in [0.2, 0.25) is 0 Å². The number of fused-ring (bicyclic) bond motifs is 1. The molecular weight excluding hydrogens is 384 g/mol. The van der Waals surface area contributed by atoms with Crippen molar-refractivity contribution in [3.8, 4) is 0 Å². The molecule has 1 fully saturated rings. The number of urea groups is 1. The fourth-order valence-electron chi connectivity index (χ4n) is 3.25. The summed E-state index contributed by atoms with van der Waals surface area (Å²) >= 11 is 0. The molecule has 2 heterocycles. The van der Waals surface area contributed by atoms with E-state index in [0.29, 0.717) is 17.2 Å². The smallest absolute Gasteiger partial charge is 0.361 e. The molecule has 1 aromatic rings. The number of amides is 3. The highest BCUT2D eigenvalue weighted by molar-refractivity contribution is 7.90. The Bertz CT molecular complexity index is 1080. The Morgan fingerprint density at radius 3 is 2.71 bits per heavy atom. The number of carbonyl (C=O) groups excluding carboxylic acids is 2. The molecular formula is C18H21N4O5S+. The first kappa shape index (κ1) is 18.8. The van der Waals surface area contributed by atoms with Crippen LogP contribution in [0.3, 0.4) is 0 Å². The Morgan fingerprint density at radius 1 is 1.39 bits per heavy atom. The van der Waals surface area contributed by atoms with E-state index >= 15 is 0 Å². The van der Waals surface area contributed by atoms with Gasteiger partial charge in [0.2, 0.25) is 10.0 Å². The molecule has 1 atom stereocenters. The second kappa shape index (κ2) is 6.21. The highest BCUT2D eigenvalue weighted by Gasteiger charge is 2.46. The van der Waals surface area contributed by atoms with Gasteiger partial charge in [0.15, 0.2) is 0 Å². The largest absolute Gasteiger partial charge is 0.501 e. The fraction of sp³-hybridized carbons (Fsp3) is 0.444. The van der Waals surface area contributed by atoms with Crippen LogP contribution in [0.4, 0.5) is 4.79 Å². The molecule has 1 aromatic heterocycles. The lowest BCUT2D eigenvalue weighted by molar-refractivity contribution is -0.453. The van der Waals surface area contributed by atoms with E-state index in [9.17, 15) is 18.0 Å². The maximum atomic E-state index is 12.7. The van der Waals surface area contributed by atoms with Gasteiger partial charge in [0.25, 0.3) is 0 Å². The Hall–Kier alpha value is -2.59. The van der Waals surface area contributed by atoms with Crippen molar-refractivity contribution in [2.24, 2.45) is 0 Å². The van der Waals surface area contributed by atoms with E-state index in [1.54, 1.807) is 13.0 Å². The quantitative estimate of drug-likeness (QED) is 0.727. The van der Waals surface area contributed by atoms with Crippen LogP contribution in [-0.4, -0.2) is 58.5 Å². The van der Waals surface area contributed by atoms with Crippen molar-refractivity contribution in [3.05, 3.63) is 41.3 Å². The zero-order valence-corrected chi connectivity index (χ0v) is 16.6. The van der Waals surface area contributed by atoms with Gasteiger partial charge in [-0.3, -0.25) is 0 Å². The molecule has 1 aliphatic heterocycles. The van der Waals surface area contributed by atoms with Crippen LogP contribution < -0.4 is 4.72 Å². The Kier molecular flexibility index (Phi) is 4.16. The van der Waals surface area contributed by atoms with E-state index in [2.05, 4.69) is 9.88 Å². The molecule has 1 N–H and O–H groups in total. The standard InChI is InChI=1S/C18H21N4O5S/c1-11-8-12(19-27-11)10-22-15-5-4-13(28(25,26)20-18(2)6-7-18)9-14(15)16(23)21(3)17(22)24/h4-5,8-9,13,20H,6-7,10H2,1-3H3/q+1. The number of allylic oxidation sites excluding steroid dienone is 1. The zero-order valence-electron chi connectivity index (χ0n) is 15.8. The van der Waals surface area contributed by atoms with Gasteiger partial charge in [0.1, 0.15) is 34.5 Å². The van der Waals surface area contributed by atoms with Crippen molar-refractivity contribution < 1.29 is 27.1 Å². The van der Waals surface area contributed by atoms with Crippen LogP contribution in [0.1, 0.15) is 31.2 Å². The van der Waals surface area contributed by atoms with Crippen LogP contribution in [-0.2, 0) is 21.4 Å². The molecule has 4 rings (SSSR count). The molecule has 9 nitrogen and oxygen atoms in total. The van der Waals surface area contributed by atoms with Gasteiger partial charge in [-0.25, -0.2) is 17.9 Å². The minimum absolute atomic E-state index is 0.110. The highest BCUT2D eigenvalue weighted by atomic mass is 32.2. The minimum atomic E-state index is -3.68. The van der Waals surface area contributed by atoms with Gasteiger partial charge in [0.05, 0.1) is 7.05 Å². The summed E-state index contributed by atoms with van der Waals surface area (Å²) in [6, 6.07) is 1.20. The van der Waals surface area contributed by atoms with Crippen molar-refractivity contribution in [2.45, 2.75) is 44.0 Å². The third-order valence-electron chi connectivity index (χ3n) is 5.14.